The van der Waals surface area contributed by atoms with Crippen LogP contribution in [0.25, 0.3) is 0 Å². The van der Waals surface area contributed by atoms with Crippen molar-refractivity contribution in [1.82, 2.24) is 0 Å². The fourth-order valence-electron chi connectivity index (χ4n) is 0.465. The standard InChI is InChI=1S/C9H15F3O2/c1-7(9(10,11)12)5-13-6-14-8(2,3)4/h1,5-6H2,2-4H3. The van der Waals surface area contributed by atoms with E-state index in [2.05, 4.69) is 11.3 Å². The summed E-state index contributed by atoms with van der Waals surface area (Å²) in [5.41, 5.74) is -1.32. The van der Waals surface area contributed by atoms with Gasteiger partial charge in [-0.05, 0) is 20.8 Å². The third-order valence-corrected chi connectivity index (χ3v) is 1.25. The Balaban J connectivity index is 3.62. The van der Waals surface area contributed by atoms with Crippen LogP contribution in [0.4, 0.5) is 13.2 Å². The molecule has 0 aliphatic rings. The molecule has 0 rings (SSSR count). The summed E-state index contributed by atoms with van der Waals surface area (Å²) in [5.74, 6) is 0. The first kappa shape index (κ1) is 13.4. The van der Waals surface area contributed by atoms with Crippen LogP contribution in [0, 0.1) is 0 Å². The Morgan fingerprint density at radius 3 is 2.07 bits per heavy atom. The number of halogens is 3. The van der Waals surface area contributed by atoms with E-state index in [1.807, 2.05) is 0 Å². The minimum absolute atomic E-state index is 0.168. The molecule has 84 valence electrons. The van der Waals surface area contributed by atoms with E-state index in [-0.39, 0.29) is 6.79 Å². The molecule has 0 amide bonds. The summed E-state index contributed by atoms with van der Waals surface area (Å²) in [7, 11) is 0. The normalized spacial score (nSPS) is 13.0. The van der Waals surface area contributed by atoms with Crippen LogP contribution in [0.15, 0.2) is 12.2 Å². The van der Waals surface area contributed by atoms with E-state index < -0.39 is 24.0 Å². The number of ether oxygens (including phenoxy) is 2. The molecule has 0 aromatic carbocycles. The Morgan fingerprint density at radius 2 is 1.71 bits per heavy atom. The largest absolute Gasteiger partial charge is 0.414 e. The Hall–Kier alpha value is -0.550. The average molecular weight is 212 g/mol. The Bertz CT molecular complexity index is 191. The molecule has 0 aliphatic heterocycles. The van der Waals surface area contributed by atoms with Gasteiger partial charge in [-0.1, -0.05) is 6.58 Å². The monoisotopic (exact) mass is 212 g/mol. The molecule has 0 saturated carbocycles. The van der Waals surface area contributed by atoms with E-state index in [1.165, 1.54) is 0 Å². The smallest absolute Gasteiger partial charge is 0.351 e. The molecule has 0 atom stereocenters. The van der Waals surface area contributed by atoms with Gasteiger partial charge in [0.2, 0.25) is 0 Å². The predicted molar refractivity (Wildman–Crippen MR) is 46.9 cm³/mol. The maximum Gasteiger partial charge on any atom is 0.414 e. The first-order chi connectivity index (χ1) is 6.13. The molecule has 0 heterocycles. The zero-order valence-corrected chi connectivity index (χ0v) is 8.57. The maximum absolute atomic E-state index is 11.9. The molecule has 0 bridgehead atoms. The Kier molecular flexibility index (Phi) is 4.61. The molecular formula is C9H15F3O2. The minimum atomic E-state index is -4.39. The van der Waals surface area contributed by atoms with Crippen LogP contribution in [-0.2, 0) is 9.47 Å². The summed E-state index contributed by atoms with van der Waals surface area (Å²) in [4.78, 5) is 0. The van der Waals surface area contributed by atoms with Crippen LogP contribution in [-0.4, -0.2) is 25.2 Å². The van der Waals surface area contributed by atoms with E-state index in [4.69, 9.17) is 4.74 Å². The van der Waals surface area contributed by atoms with Gasteiger partial charge in [-0.25, -0.2) is 0 Å². The first-order valence-corrected chi connectivity index (χ1v) is 4.09. The second kappa shape index (κ2) is 4.79. The van der Waals surface area contributed by atoms with Crippen LogP contribution in [0.2, 0.25) is 0 Å². The van der Waals surface area contributed by atoms with Gasteiger partial charge >= 0.3 is 6.18 Å². The second-order valence-corrected chi connectivity index (χ2v) is 3.82. The van der Waals surface area contributed by atoms with Gasteiger partial charge < -0.3 is 9.47 Å². The zero-order valence-electron chi connectivity index (χ0n) is 8.57. The van der Waals surface area contributed by atoms with Gasteiger partial charge in [0.15, 0.2) is 0 Å². The molecule has 0 aliphatic carbocycles. The lowest BCUT2D eigenvalue weighted by atomic mass is 10.2. The quantitative estimate of drug-likeness (QED) is 0.405. The van der Waals surface area contributed by atoms with Crippen molar-refractivity contribution in [3.63, 3.8) is 0 Å². The van der Waals surface area contributed by atoms with Crippen LogP contribution in [0.5, 0.6) is 0 Å². The van der Waals surface area contributed by atoms with Crippen molar-refractivity contribution in [1.29, 1.82) is 0 Å². The average Bonchev–Trinajstić information content (AvgIpc) is 1.93. The van der Waals surface area contributed by atoms with Gasteiger partial charge in [-0.3, -0.25) is 0 Å². The highest BCUT2D eigenvalue weighted by molar-refractivity contribution is 5.02. The number of alkyl halides is 3. The van der Waals surface area contributed by atoms with Crippen LogP contribution in [0.1, 0.15) is 20.8 Å². The van der Waals surface area contributed by atoms with E-state index in [0.29, 0.717) is 0 Å². The molecule has 0 radical (unpaired) electrons. The van der Waals surface area contributed by atoms with E-state index in [0.717, 1.165) is 0 Å². The topological polar surface area (TPSA) is 18.5 Å². The zero-order chi connectivity index (χ0) is 11.4. The molecular weight excluding hydrogens is 197 g/mol. The summed E-state index contributed by atoms with van der Waals surface area (Å²) in [6, 6.07) is 0. The van der Waals surface area contributed by atoms with Crippen LogP contribution in [0.3, 0.4) is 0 Å². The van der Waals surface area contributed by atoms with Gasteiger partial charge in [-0.15, -0.1) is 0 Å². The van der Waals surface area contributed by atoms with Gasteiger partial charge in [0.1, 0.15) is 6.79 Å². The van der Waals surface area contributed by atoms with Crippen LogP contribution < -0.4 is 0 Å². The highest BCUT2D eigenvalue weighted by Gasteiger charge is 2.31. The number of hydrogen-bond donors (Lipinski definition) is 0. The summed E-state index contributed by atoms with van der Waals surface area (Å²) in [5, 5.41) is 0. The lowest BCUT2D eigenvalue weighted by Crippen LogP contribution is -2.22. The van der Waals surface area contributed by atoms with Crippen molar-refractivity contribution in [2.45, 2.75) is 32.5 Å². The molecule has 0 N–H and O–H groups in total. The second-order valence-electron chi connectivity index (χ2n) is 3.82. The summed E-state index contributed by atoms with van der Waals surface area (Å²) in [6.07, 6.45) is -4.39. The maximum atomic E-state index is 11.9. The SMILES string of the molecule is C=C(COCOC(C)(C)C)C(F)(F)F. The lowest BCUT2D eigenvalue weighted by molar-refractivity contribution is -0.134. The first-order valence-electron chi connectivity index (χ1n) is 4.09. The van der Waals surface area contributed by atoms with Crippen molar-refractivity contribution < 1.29 is 22.6 Å². The minimum Gasteiger partial charge on any atom is -0.351 e. The van der Waals surface area contributed by atoms with Crippen molar-refractivity contribution in [2.24, 2.45) is 0 Å². The fourth-order valence-corrected chi connectivity index (χ4v) is 0.465. The van der Waals surface area contributed by atoms with Crippen molar-refractivity contribution >= 4 is 0 Å². The molecule has 0 aromatic heterocycles. The molecule has 2 nitrogen and oxygen atoms in total. The van der Waals surface area contributed by atoms with E-state index in [1.54, 1.807) is 20.8 Å². The lowest BCUT2D eigenvalue weighted by Gasteiger charge is -2.19. The van der Waals surface area contributed by atoms with Crippen molar-refractivity contribution in [3.8, 4) is 0 Å². The van der Waals surface area contributed by atoms with E-state index >= 15 is 0 Å². The van der Waals surface area contributed by atoms with Crippen LogP contribution >= 0.6 is 0 Å². The molecule has 0 spiro atoms. The highest BCUT2D eigenvalue weighted by Crippen LogP contribution is 2.23. The van der Waals surface area contributed by atoms with Gasteiger partial charge in [-0.2, -0.15) is 13.2 Å². The molecule has 0 saturated heterocycles. The highest BCUT2D eigenvalue weighted by atomic mass is 19.4. The Labute approximate surface area is 81.7 Å². The fraction of sp³-hybridized carbons (Fsp3) is 0.778. The van der Waals surface area contributed by atoms with Gasteiger partial charge in [0.25, 0.3) is 0 Å². The third-order valence-electron chi connectivity index (χ3n) is 1.25. The third kappa shape index (κ3) is 6.91. The van der Waals surface area contributed by atoms with Gasteiger partial charge in [0, 0.05) is 0 Å². The number of rotatable bonds is 4. The molecule has 0 fully saturated rings. The Morgan fingerprint density at radius 1 is 1.21 bits per heavy atom. The summed E-state index contributed by atoms with van der Waals surface area (Å²) in [6.45, 7) is 7.49. The molecule has 0 aromatic rings. The molecule has 14 heavy (non-hydrogen) atoms. The van der Waals surface area contributed by atoms with Crippen molar-refractivity contribution in [2.75, 3.05) is 13.4 Å². The summed E-state index contributed by atoms with van der Waals surface area (Å²) >= 11 is 0. The van der Waals surface area contributed by atoms with E-state index in [9.17, 15) is 13.2 Å². The van der Waals surface area contributed by atoms with Crippen molar-refractivity contribution in [3.05, 3.63) is 12.2 Å². The van der Waals surface area contributed by atoms with Gasteiger partial charge in [0.05, 0.1) is 17.8 Å². The summed E-state index contributed by atoms with van der Waals surface area (Å²) < 4.78 is 45.4. The molecule has 5 heteroatoms. The predicted octanol–water partition coefficient (Wildman–Crippen LogP) is 2.89. The molecule has 0 unspecified atom stereocenters. The number of hydrogen-bond acceptors (Lipinski definition) is 2.